The molecule has 3 N–H and O–H groups in total. The number of halogens is 1. The fraction of sp³-hybridized carbons (Fsp3) is 0. The molecule has 0 saturated heterocycles. The van der Waals surface area contributed by atoms with Crippen molar-refractivity contribution in [1.82, 2.24) is 5.48 Å². The van der Waals surface area contributed by atoms with Crippen molar-refractivity contribution < 1.29 is 26.7 Å². The molecule has 0 spiro atoms. The first-order chi connectivity index (χ1) is 12.8. The van der Waals surface area contributed by atoms with Crippen molar-refractivity contribution in [3.63, 3.8) is 0 Å². The molecular formula is C18H13FN2O5S. The molecule has 0 aromatic heterocycles. The maximum absolute atomic E-state index is 12.9. The first kappa shape index (κ1) is 18.5. The fourth-order valence-corrected chi connectivity index (χ4v) is 3.27. The molecule has 3 aromatic rings. The SMILES string of the molecule is NC(=O)c1ccc2ccccc2c1C(=O)NOS(=O)(=O)c1ccc(F)cc1. The molecule has 0 aliphatic rings. The number of amides is 2. The van der Waals surface area contributed by atoms with Gasteiger partial charge in [0.05, 0.1) is 16.0 Å². The molecule has 0 heterocycles. The van der Waals surface area contributed by atoms with E-state index in [-0.39, 0.29) is 16.0 Å². The largest absolute Gasteiger partial charge is 0.366 e. The van der Waals surface area contributed by atoms with Crippen LogP contribution in [0.1, 0.15) is 20.7 Å². The van der Waals surface area contributed by atoms with E-state index in [1.807, 2.05) is 5.48 Å². The van der Waals surface area contributed by atoms with Crippen molar-refractivity contribution >= 4 is 32.7 Å². The second kappa shape index (κ2) is 7.14. The van der Waals surface area contributed by atoms with E-state index in [2.05, 4.69) is 4.28 Å². The number of carbonyl (C=O) groups excluding carboxylic acids is 2. The minimum atomic E-state index is -4.38. The summed E-state index contributed by atoms with van der Waals surface area (Å²) in [5.74, 6) is -2.45. The Morgan fingerprint density at radius 1 is 0.963 bits per heavy atom. The summed E-state index contributed by atoms with van der Waals surface area (Å²) in [7, 11) is -4.38. The molecule has 0 unspecified atom stereocenters. The predicted molar refractivity (Wildman–Crippen MR) is 94.6 cm³/mol. The smallest absolute Gasteiger partial charge is 0.317 e. The highest BCUT2D eigenvalue weighted by Crippen LogP contribution is 2.23. The number of primary amides is 1. The van der Waals surface area contributed by atoms with Gasteiger partial charge in [0.15, 0.2) is 0 Å². The Morgan fingerprint density at radius 2 is 1.63 bits per heavy atom. The number of rotatable bonds is 5. The minimum absolute atomic E-state index is 0.0889. The molecule has 0 aliphatic carbocycles. The number of nitrogens with two attached hydrogens (primary N) is 1. The van der Waals surface area contributed by atoms with Crippen molar-refractivity contribution in [2.75, 3.05) is 0 Å². The molecule has 0 atom stereocenters. The van der Waals surface area contributed by atoms with E-state index >= 15 is 0 Å². The Morgan fingerprint density at radius 3 is 2.30 bits per heavy atom. The van der Waals surface area contributed by atoms with Gasteiger partial charge in [0.25, 0.3) is 5.91 Å². The van der Waals surface area contributed by atoms with Crippen LogP contribution < -0.4 is 11.2 Å². The molecule has 9 heteroatoms. The molecule has 27 heavy (non-hydrogen) atoms. The third-order valence-electron chi connectivity index (χ3n) is 3.77. The van der Waals surface area contributed by atoms with E-state index in [4.69, 9.17) is 5.73 Å². The number of carbonyl (C=O) groups is 2. The van der Waals surface area contributed by atoms with Crippen LogP contribution in [0.15, 0.2) is 65.6 Å². The van der Waals surface area contributed by atoms with Crippen LogP contribution in [-0.2, 0) is 14.4 Å². The lowest BCUT2D eigenvalue weighted by molar-refractivity contribution is 0.0768. The predicted octanol–water partition coefficient (Wildman–Crippen LogP) is 2.13. The van der Waals surface area contributed by atoms with E-state index in [1.54, 1.807) is 30.3 Å². The maximum Gasteiger partial charge on any atom is 0.317 e. The van der Waals surface area contributed by atoms with Crippen LogP contribution in [-0.4, -0.2) is 20.2 Å². The maximum atomic E-state index is 12.9. The van der Waals surface area contributed by atoms with Gasteiger partial charge in [-0.3, -0.25) is 9.59 Å². The minimum Gasteiger partial charge on any atom is -0.366 e. The average Bonchev–Trinajstić information content (AvgIpc) is 2.65. The van der Waals surface area contributed by atoms with Crippen LogP contribution in [0.5, 0.6) is 0 Å². The van der Waals surface area contributed by atoms with Gasteiger partial charge in [-0.25, -0.2) is 9.87 Å². The second-order valence-electron chi connectivity index (χ2n) is 5.50. The van der Waals surface area contributed by atoms with Crippen molar-refractivity contribution in [3.05, 3.63) is 77.6 Å². The molecule has 3 aromatic carbocycles. The lowest BCUT2D eigenvalue weighted by atomic mass is 9.98. The lowest BCUT2D eigenvalue weighted by Crippen LogP contribution is -2.29. The van der Waals surface area contributed by atoms with Gasteiger partial charge in [-0.2, -0.15) is 8.42 Å². The molecule has 138 valence electrons. The zero-order valence-corrected chi connectivity index (χ0v) is 14.5. The monoisotopic (exact) mass is 388 g/mol. The third kappa shape index (κ3) is 3.78. The van der Waals surface area contributed by atoms with Crippen molar-refractivity contribution in [1.29, 1.82) is 0 Å². The lowest BCUT2D eigenvalue weighted by Gasteiger charge is -2.11. The van der Waals surface area contributed by atoms with Gasteiger partial charge in [-0.1, -0.05) is 30.3 Å². The standard InChI is InChI=1S/C18H13FN2O5S/c19-12-6-8-13(9-7-12)27(24,25)26-21-18(23)16-14-4-2-1-3-11(14)5-10-15(16)17(20)22/h1-10H,(H2,20,22)(H,21,23). The molecule has 0 aliphatic heterocycles. The molecule has 0 bridgehead atoms. The average molecular weight is 388 g/mol. The van der Waals surface area contributed by atoms with Crippen LogP contribution in [0.25, 0.3) is 10.8 Å². The van der Waals surface area contributed by atoms with Gasteiger partial charge in [-0.15, -0.1) is 4.28 Å². The topological polar surface area (TPSA) is 116 Å². The number of nitrogens with one attached hydrogen (secondary N) is 1. The number of benzene rings is 3. The highest BCUT2D eigenvalue weighted by atomic mass is 32.2. The first-order valence-electron chi connectivity index (χ1n) is 7.60. The van der Waals surface area contributed by atoms with E-state index in [0.29, 0.717) is 10.8 Å². The van der Waals surface area contributed by atoms with Crippen LogP contribution in [0.2, 0.25) is 0 Å². The van der Waals surface area contributed by atoms with Crippen LogP contribution >= 0.6 is 0 Å². The first-order valence-corrected chi connectivity index (χ1v) is 9.01. The quantitative estimate of drug-likeness (QED) is 0.650. The second-order valence-corrected chi connectivity index (χ2v) is 7.04. The van der Waals surface area contributed by atoms with E-state index in [9.17, 15) is 22.4 Å². The van der Waals surface area contributed by atoms with Gasteiger partial charge >= 0.3 is 10.1 Å². The zero-order valence-electron chi connectivity index (χ0n) is 13.7. The van der Waals surface area contributed by atoms with E-state index in [0.717, 1.165) is 24.3 Å². The van der Waals surface area contributed by atoms with Gasteiger partial charge in [0.2, 0.25) is 5.91 Å². The highest BCUT2D eigenvalue weighted by molar-refractivity contribution is 7.86. The summed E-state index contributed by atoms with van der Waals surface area (Å²) in [6.45, 7) is 0. The Labute approximate surface area is 153 Å². The summed E-state index contributed by atoms with van der Waals surface area (Å²) < 4.78 is 41.7. The normalized spacial score (nSPS) is 11.3. The van der Waals surface area contributed by atoms with Crippen molar-refractivity contribution in [3.8, 4) is 0 Å². The molecule has 0 radical (unpaired) electrons. The Bertz CT molecular complexity index is 1140. The summed E-state index contributed by atoms with van der Waals surface area (Å²) in [5.41, 5.74) is 6.92. The molecular weight excluding hydrogens is 375 g/mol. The summed E-state index contributed by atoms with van der Waals surface area (Å²) in [5, 5.41) is 1.04. The van der Waals surface area contributed by atoms with Gasteiger partial charge in [0, 0.05) is 0 Å². The summed E-state index contributed by atoms with van der Waals surface area (Å²) in [4.78, 5) is 23.9. The summed E-state index contributed by atoms with van der Waals surface area (Å²) in [6, 6.07) is 13.5. The summed E-state index contributed by atoms with van der Waals surface area (Å²) >= 11 is 0. The van der Waals surface area contributed by atoms with Crippen LogP contribution in [0, 0.1) is 5.82 Å². The zero-order chi connectivity index (χ0) is 19.6. The molecule has 0 fully saturated rings. The van der Waals surface area contributed by atoms with E-state index < -0.39 is 27.7 Å². The van der Waals surface area contributed by atoms with Gasteiger partial charge in [-0.05, 0) is 41.1 Å². The fourth-order valence-electron chi connectivity index (χ4n) is 2.51. The Hall–Kier alpha value is -3.30. The van der Waals surface area contributed by atoms with Crippen molar-refractivity contribution in [2.24, 2.45) is 5.73 Å². The molecule has 7 nitrogen and oxygen atoms in total. The number of hydrogen-bond acceptors (Lipinski definition) is 5. The highest BCUT2D eigenvalue weighted by Gasteiger charge is 2.22. The third-order valence-corrected chi connectivity index (χ3v) is 4.92. The number of fused-ring (bicyclic) bond motifs is 1. The number of hydroxylamine groups is 1. The van der Waals surface area contributed by atoms with Crippen LogP contribution in [0.4, 0.5) is 4.39 Å². The van der Waals surface area contributed by atoms with Gasteiger partial charge < -0.3 is 5.73 Å². The summed E-state index contributed by atoms with van der Waals surface area (Å²) in [6.07, 6.45) is 0. The Kier molecular flexibility index (Phi) is 4.89. The molecule has 2 amide bonds. The van der Waals surface area contributed by atoms with E-state index in [1.165, 1.54) is 6.07 Å². The molecule has 3 rings (SSSR count). The van der Waals surface area contributed by atoms with Gasteiger partial charge in [0.1, 0.15) is 5.82 Å². The van der Waals surface area contributed by atoms with Crippen LogP contribution in [0.3, 0.4) is 0 Å². The molecule has 0 saturated carbocycles. The number of hydrogen-bond donors (Lipinski definition) is 2. The van der Waals surface area contributed by atoms with Crippen molar-refractivity contribution in [2.45, 2.75) is 4.90 Å². The Balaban J connectivity index is 1.93.